The zero-order chi connectivity index (χ0) is 30.1. The van der Waals surface area contributed by atoms with Gasteiger partial charge in [-0.3, -0.25) is 20.3 Å². The number of pyridine rings is 1. The zero-order valence-corrected chi connectivity index (χ0v) is 23.5. The number of aromatic nitrogens is 1. The number of alkyl carbamates (subject to hydrolysis) is 1. The highest BCUT2D eigenvalue weighted by Gasteiger charge is 2.17. The predicted octanol–water partition coefficient (Wildman–Crippen LogP) is 3.20. The molecular formula is C30H29N5O6S. The fraction of sp³-hybridized carbons (Fsp3) is 0.133. The molecule has 12 heteroatoms. The number of rotatable bonds is 10. The third kappa shape index (κ3) is 7.92. The lowest BCUT2D eigenvalue weighted by molar-refractivity contribution is -0.120. The van der Waals surface area contributed by atoms with Crippen molar-refractivity contribution in [3.63, 3.8) is 0 Å². The molecule has 0 atom stereocenters. The molecule has 42 heavy (non-hydrogen) atoms. The van der Waals surface area contributed by atoms with Gasteiger partial charge in [-0.25, -0.2) is 14.3 Å². The van der Waals surface area contributed by atoms with Crippen LogP contribution in [-0.4, -0.2) is 30.9 Å². The predicted molar refractivity (Wildman–Crippen MR) is 157 cm³/mol. The topological polar surface area (TPSA) is 159 Å². The number of sulfonamides is 1. The molecule has 0 aliphatic heterocycles. The summed E-state index contributed by atoms with van der Waals surface area (Å²) in [5, 5.41) is 13.2. The fourth-order valence-corrected chi connectivity index (χ4v) is 4.91. The third-order valence-electron chi connectivity index (χ3n) is 6.21. The van der Waals surface area contributed by atoms with Crippen molar-refractivity contribution in [1.29, 1.82) is 5.41 Å². The van der Waals surface area contributed by atoms with E-state index in [2.05, 4.69) is 15.5 Å². The number of hydrogen-bond donors (Lipinski definition) is 4. The normalized spacial score (nSPS) is 10.9. The lowest BCUT2D eigenvalue weighted by Crippen LogP contribution is -2.36. The van der Waals surface area contributed by atoms with Crippen LogP contribution in [0.3, 0.4) is 0 Å². The van der Waals surface area contributed by atoms with Gasteiger partial charge in [-0.2, -0.15) is 8.42 Å². The van der Waals surface area contributed by atoms with E-state index in [9.17, 15) is 22.8 Å². The van der Waals surface area contributed by atoms with Crippen LogP contribution < -0.4 is 21.0 Å². The van der Waals surface area contributed by atoms with Crippen LogP contribution in [0.1, 0.15) is 27.8 Å². The van der Waals surface area contributed by atoms with Gasteiger partial charge in [-0.1, -0.05) is 72.8 Å². The van der Waals surface area contributed by atoms with Crippen LogP contribution in [0, 0.1) is 12.3 Å². The van der Waals surface area contributed by atoms with Gasteiger partial charge in [0.25, 0.3) is 15.6 Å². The average Bonchev–Trinajstić information content (AvgIpc) is 3.00. The van der Waals surface area contributed by atoms with Crippen LogP contribution in [-0.2, 0) is 39.1 Å². The number of carbonyl (C=O) groups is 2. The van der Waals surface area contributed by atoms with E-state index in [-0.39, 0.29) is 35.9 Å². The highest BCUT2D eigenvalue weighted by molar-refractivity contribution is 7.92. The van der Waals surface area contributed by atoms with Crippen molar-refractivity contribution in [1.82, 2.24) is 15.3 Å². The standard InChI is InChI=1S/C30H29N5O6S/c1-21-16-17-35(34-42(39,40)25-10-6-3-7-11-25)29(37)26(21)18-27(36)32-19-22-12-14-24(15-13-22)28(31)33-30(38)41-20-23-8-4-2-5-9-23/h2-17,34H,18-20H2,1H3,(H,32,36)(H2,31,33,38). The van der Waals surface area contributed by atoms with Crippen molar-refractivity contribution in [2.75, 3.05) is 4.83 Å². The minimum atomic E-state index is -4.00. The van der Waals surface area contributed by atoms with Crippen molar-refractivity contribution in [2.45, 2.75) is 31.4 Å². The quantitative estimate of drug-likeness (QED) is 0.165. The van der Waals surface area contributed by atoms with Gasteiger partial charge in [0.2, 0.25) is 5.91 Å². The molecule has 0 aliphatic rings. The molecule has 0 unspecified atom stereocenters. The fourth-order valence-electron chi connectivity index (χ4n) is 3.88. The van der Waals surface area contributed by atoms with Gasteiger partial charge < -0.3 is 10.1 Å². The average molecular weight is 588 g/mol. The first kappa shape index (κ1) is 29.7. The molecule has 2 amide bonds. The van der Waals surface area contributed by atoms with Gasteiger partial charge >= 0.3 is 6.09 Å². The molecule has 0 radical (unpaired) electrons. The summed E-state index contributed by atoms with van der Waals surface area (Å²) in [5.41, 5.74) is 2.04. The SMILES string of the molecule is Cc1ccn(NS(=O)(=O)c2ccccc2)c(=O)c1CC(=O)NCc1ccc(C(=N)NC(=O)OCc2ccccc2)cc1. The summed E-state index contributed by atoms with van der Waals surface area (Å²) in [7, 11) is -4.00. The van der Waals surface area contributed by atoms with E-state index in [0.29, 0.717) is 11.1 Å². The highest BCUT2D eigenvalue weighted by Crippen LogP contribution is 2.10. The minimum Gasteiger partial charge on any atom is -0.444 e. The molecule has 1 heterocycles. The molecule has 11 nitrogen and oxygen atoms in total. The lowest BCUT2D eigenvalue weighted by atomic mass is 10.1. The van der Waals surface area contributed by atoms with E-state index in [4.69, 9.17) is 10.1 Å². The maximum absolute atomic E-state index is 13.0. The molecule has 1 aromatic heterocycles. The summed E-state index contributed by atoms with van der Waals surface area (Å²) < 4.78 is 31.3. The number of benzene rings is 3. The number of amidine groups is 1. The van der Waals surface area contributed by atoms with E-state index in [1.54, 1.807) is 55.5 Å². The van der Waals surface area contributed by atoms with Gasteiger partial charge in [0, 0.05) is 23.9 Å². The van der Waals surface area contributed by atoms with Crippen LogP contribution in [0.4, 0.5) is 4.79 Å². The number of amides is 2. The molecule has 4 N–H and O–H groups in total. The first-order valence-electron chi connectivity index (χ1n) is 12.8. The highest BCUT2D eigenvalue weighted by atomic mass is 32.2. The largest absolute Gasteiger partial charge is 0.444 e. The van der Waals surface area contributed by atoms with E-state index in [1.165, 1.54) is 18.3 Å². The molecule has 216 valence electrons. The van der Waals surface area contributed by atoms with Gasteiger partial charge in [0.15, 0.2) is 0 Å². The van der Waals surface area contributed by atoms with Gasteiger partial charge in [-0.15, -0.1) is 0 Å². The molecule has 3 aromatic carbocycles. The summed E-state index contributed by atoms with van der Waals surface area (Å²) in [6.07, 6.45) is 0.302. The Morgan fingerprint density at radius 2 is 1.52 bits per heavy atom. The molecule has 4 aromatic rings. The summed E-state index contributed by atoms with van der Waals surface area (Å²) in [4.78, 5) is 39.9. The summed E-state index contributed by atoms with van der Waals surface area (Å²) in [6, 6.07) is 25.0. The van der Waals surface area contributed by atoms with Crippen molar-refractivity contribution in [2.24, 2.45) is 0 Å². The summed E-state index contributed by atoms with van der Waals surface area (Å²) in [6.45, 7) is 1.90. The Hall–Kier alpha value is -5.23. The second kappa shape index (κ2) is 13.4. The monoisotopic (exact) mass is 587 g/mol. The van der Waals surface area contributed by atoms with Gasteiger partial charge in [0.05, 0.1) is 11.3 Å². The van der Waals surface area contributed by atoms with E-state index >= 15 is 0 Å². The molecule has 0 bridgehead atoms. The molecule has 0 aliphatic carbocycles. The molecule has 0 spiro atoms. The Bertz CT molecular complexity index is 1740. The van der Waals surface area contributed by atoms with Crippen molar-refractivity contribution < 1.29 is 22.7 Å². The third-order valence-corrected chi connectivity index (χ3v) is 7.54. The Morgan fingerprint density at radius 1 is 0.881 bits per heavy atom. The molecule has 0 fully saturated rings. The van der Waals surface area contributed by atoms with Crippen LogP contribution >= 0.6 is 0 Å². The summed E-state index contributed by atoms with van der Waals surface area (Å²) >= 11 is 0. The maximum Gasteiger partial charge on any atom is 0.413 e. The Balaban J connectivity index is 1.30. The number of ether oxygens (including phenoxy) is 1. The van der Waals surface area contributed by atoms with Crippen LogP contribution in [0.15, 0.2) is 107 Å². The second-order valence-electron chi connectivity index (χ2n) is 9.27. The number of hydrogen-bond acceptors (Lipinski definition) is 7. The van der Waals surface area contributed by atoms with Crippen molar-refractivity contribution in [3.05, 3.63) is 135 Å². The minimum absolute atomic E-state index is 0.00306. The number of carbonyl (C=O) groups excluding carboxylic acids is 2. The molecular weight excluding hydrogens is 558 g/mol. The first-order valence-corrected chi connectivity index (χ1v) is 14.3. The first-order chi connectivity index (χ1) is 20.1. The molecule has 0 saturated carbocycles. The van der Waals surface area contributed by atoms with Crippen molar-refractivity contribution in [3.8, 4) is 0 Å². The Morgan fingerprint density at radius 3 is 2.19 bits per heavy atom. The lowest BCUT2D eigenvalue weighted by Gasteiger charge is -2.13. The molecule has 0 saturated heterocycles. The number of nitrogens with zero attached hydrogens (tertiary/aromatic N) is 1. The van der Waals surface area contributed by atoms with E-state index in [0.717, 1.165) is 15.8 Å². The van der Waals surface area contributed by atoms with Crippen LogP contribution in [0.2, 0.25) is 0 Å². The van der Waals surface area contributed by atoms with E-state index < -0.39 is 27.6 Å². The van der Waals surface area contributed by atoms with Gasteiger partial charge in [0.1, 0.15) is 12.4 Å². The smallest absolute Gasteiger partial charge is 0.413 e. The number of nitrogens with one attached hydrogen (secondary N) is 4. The van der Waals surface area contributed by atoms with Gasteiger partial charge in [-0.05, 0) is 41.8 Å². The Labute approximate surface area is 242 Å². The van der Waals surface area contributed by atoms with Crippen molar-refractivity contribution >= 4 is 27.9 Å². The van der Waals surface area contributed by atoms with E-state index in [1.807, 2.05) is 30.3 Å². The second-order valence-corrected chi connectivity index (χ2v) is 10.9. The maximum atomic E-state index is 13.0. The zero-order valence-electron chi connectivity index (χ0n) is 22.7. The summed E-state index contributed by atoms with van der Waals surface area (Å²) in [5.74, 6) is -0.569. The number of aryl methyl sites for hydroxylation is 1. The Kier molecular flexibility index (Phi) is 9.50. The van der Waals surface area contributed by atoms with Crippen LogP contribution in [0.5, 0.6) is 0 Å². The molecule has 4 rings (SSSR count). The van der Waals surface area contributed by atoms with Crippen LogP contribution in [0.25, 0.3) is 0 Å².